The topological polar surface area (TPSA) is 63.7 Å². The minimum Gasteiger partial charge on any atom is -0.497 e. The Hall–Kier alpha value is -2.44. The zero-order valence-corrected chi connectivity index (χ0v) is 17.0. The van der Waals surface area contributed by atoms with Crippen LogP contribution >= 0.6 is 0 Å². The first kappa shape index (κ1) is 19.9. The maximum Gasteiger partial charge on any atom is 0.229 e. The summed E-state index contributed by atoms with van der Waals surface area (Å²) in [7, 11) is 1.67. The Morgan fingerprint density at radius 3 is 2.90 bits per heavy atom. The van der Waals surface area contributed by atoms with Gasteiger partial charge in [-0.1, -0.05) is 18.2 Å². The molecule has 1 aromatic heterocycles. The average molecular weight is 396 g/mol. The van der Waals surface area contributed by atoms with Crippen molar-refractivity contribution >= 4 is 5.91 Å². The van der Waals surface area contributed by atoms with Crippen molar-refractivity contribution in [1.82, 2.24) is 15.2 Å². The second-order valence-corrected chi connectivity index (χ2v) is 8.16. The highest BCUT2D eigenvalue weighted by Crippen LogP contribution is 2.36. The van der Waals surface area contributed by atoms with E-state index in [-0.39, 0.29) is 12.0 Å². The second kappa shape index (κ2) is 8.93. The lowest BCUT2D eigenvalue weighted by atomic mass is 9.73. The number of rotatable bonds is 8. The molecule has 1 amide bonds. The van der Waals surface area contributed by atoms with Crippen LogP contribution in [0.5, 0.6) is 5.75 Å². The Labute approximate surface area is 172 Å². The normalized spacial score (nSPS) is 20.8. The maximum absolute atomic E-state index is 13.2. The molecule has 2 aliphatic rings. The van der Waals surface area contributed by atoms with Gasteiger partial charge < -0.3 is 14.8 Å². The van der Waals surface area contributed by atoms with Crippen LogP contribution in [0.3, 0.4) is 0 Å². The lowest BCUT2D eigenvalue weighted by molar-refractivity contribution is -0.143. The summed E-state index contributed by atoms with van der Waals surface area (Å²) in [5.41, 5.74) is 1.87. The Kier molecular flexibility index (Phi) is 6.11. The van der Waals surface area contributed by atoms with Crippen LogP contribution in [0.1, 0.15) is 24.0 Å². The molecule has 4 rings (SSSR count). The minimum atomic E-state index is -0.423. The van der Waals surface area contributed by atoms with Crippen molar-refractivity contribution in [3.63, 3.8) is 0 Å². The molecule has 6 nitrogen and oxygen atoms in total. The van der Waals surface area contributed by atoms with E-state index in [2.05, 4.69) is 27.3 Å². The summed E-state index contributed by atoms with van der Waals surface area (Å²) in [6.45, 7) is 3.68. The monoisotopic (exact) mass is 395 g/mol. The van der Waals surface area contributed by atoms with Crippen molar-refractivity contribution in [1.29, 1.82) is 0 Å². The number of methoxy groups -OCH3 is 1. The van der Waals surface area contributed by atoms with Gasteiger partial charge >= 0.3 is 0 Å². The van der Waals surface area contributed by atoms with Gasteiger partial charge in [-0.25, -0.2) is 0 Å². The number of benzene rings is 1. The molecule has 154 valence electrons. The predicted molar refractivity (Wildman–Crippen MR) is 111 cm³/mol. The third-order valence-electron chi connectivity index (χ3n) is 5.85. The number of likely N-dealkylation sites (tertiary alicyclic amines) is 1. The molecule has 3 heterocycles. The molecule has 0 spiro atoms. The number of pyridine rings is 1. The van der Waals surface area contributed by atoms with Crippen LogP contribution in [0.25, 0.3) is 0 Å². The molecule has 0 radical (unpaired) electrons. The molecule has 2 fully saturated rings. The SMILES string of the molecule is COc1cccc(CC2(C(=O)NCC3CCCO3)CN(Cc3cccnc3)C2)c1. The predicted octanol–water partition coefficient (Wildman–Crippen LogP) is 2.43. The summed E-state index contributed by atoms with van der Waals surface area (Å²) in [4.78, 5) is 19.7. The molecule has 6 heteroatoms. The molecule has 1 atom stereocenters. The van der Waals surface area contributed by atoms with Gasteiger partial charge in [0.05, 0.1) is 18.6 Å². The van der Waals surface area contributed by atoms with Gasteiger partial charge in [0.15, 0.2) is 0 Å². The number of carbonyl (C=O) groups excluding carboxylic acids is 1. The Morgan fingerprint density at radius 2 is 2.17 bits per heavy atom. The van der Waals surface area contributed by atoms with Gasteiger partial charge in [0.2, 0.25) is 5.91 Å². The smallest absolute Gasteiger partial charge is 0.229 e. The van der Waals surface area contributed by atoms with Crippen molar-refractivity contribution < 1.29 is 14.3 Å². The number of hydrogen-bond acceptors (Lipinski definition) is 5. The van der Waals surface area contributed by atoms with E-state index in [9.17, 15) is 4.79 Å². The third-order valence-corrected chi connectivity index (χ3v) is 5.85. The van der Waals surface area contributed by atoms with Gasteiger partial charge in [-0.15, -0.1) is 0 Å². The summed E-state index contributed by atoms with van der Waals surface area (Å²) < 4.78 is 11.0. The van der Waals surface area contributed by atoms with E-state index in [1.807, 2.05) is 30.5 Å². The van der Waals surface area contributed by atoms with Crippen LogP contribution in [0, 0.1) is 5.41 Å². The van der Waals surface area contributed by atoms with Crippen molar-refractivity contribution in [2.45, 2.75) is 31.9 Å². The molecule has 1 N–H and O–H groups in total. The minimum absolute atomic E-state index is 0.123. The molecule has 0 saturated carbocycles. The number of amides is 1. The van der Waals surface area contributed by atoms with E-state index in [1.54, 1.807) is 13.3 Å². The third kappa shape index (κ3) is 4.77. The van der Waals surface area contributed by atoms with Gasteiger partial charge in [-0.3, -0.25) is 14.7 Å². The van der Waals surface area contributed by atoms with Crippen molar-refractivity contribution in [3.8, 4) is 5.75 Å². The van der Waals surface area contributed by atoms with Crippen LogP contribution in [-0.2, 0) is 22.5 Å². The van der Waals surface area contributed by atoms with E-state index in [1.165, 1.54) is 5.56 Å². The van der Waals surface area contributed by atoms with Gasteiger partial charge in [0.25, 0.3) is 0 Å². The maximum atomic E-state index is 13.2. The summed E-state index contributed by atoms with van der Waals surface area (Å²) in [5.74, 6) is 0.946. The molecule has 29 heavy (non-hydrogen) atoms. The first-order valence-electron chi connectivity index (χ1n) is 10.3. The Bertz CT molecular complexity index is 815. The first-order valence-corrected chi connectivity index (χ1v) is 10.3. The molecule has 2 aromatic rings. The van der Waals surface area contributed by atoms with Crippen LogP contribution in [0.15, 0.2) is 48.8 Å². The number of ether oxygens (including phenoxy) is 2. The van der Waals surface area contributed by atoms with Gasteiger partial charge in [-0.05, 0) is 48.6 Å². The highest BCUT2D eigenvalue weighted by molar-refractivity contribution is 5.84. The fourth-order valence-corrected chi connectivity index (χ4v) is 4.38. The van der Waals surface area contributed by atoms with E-state index < -0.39 is 5.41 Å². The van der Waals surface area contributed by atoms with Gasteiger partial charge in [0.1, 0.15) is 5.75 Å². The Balaban J connectivity index is 1.44. The number of carbonyl (C=O) groups is 1. The van der Waals surface area contributed by atoms with Crippen LogP contribution in [0.4, 0.5) is 0 Å². The number of nitrogens with one attached hydrogen (secondary N) is 1. The second-order valence-electron chi connectivity index (χ2n) is 8.16. The lowest BCUT2D eigenvalue weighted by Crippen LogP contribution is -2.64. The van der Waals surface area contributed by atoms with Crippen molar-refractivity contribution in [3.05, 3.63) is 59.9 Å². The summed E-state index contributed by atoms with van der Waals surface area (Å²) in [6.07, 6.45) is 6.62. The molecule has 2 aliphatic heterocycles. The van der Waals surface area contributed by atoms with E-state index in [4.69, 9.17) is 9.47 Å². The largest absolute Gasteiger partial charge is 0.497 e. The molecule has 1 unspecified atom stereocenters. The lowest BCUT2D eigenvalue weighted by Gasteiger charge is -2.49. The van der Waals surface area contributed by atoms with Crippen molar-refractivity contribution in [2.24, 2.45) is 5.41 Å². The Morgan fingerprint density at radius 1 is 1.31 bits per heavy atom. The standard InChI is InChI=1S/C23H29N3O3/c1-28-20-7-2-5-18(11-20)12-23(22(27)25-14-21-8-4-10-29-21)16-26(17-23)15-19-6-3-9-24-13-19/h2-3,5-7,9,11,13,21H,4,8,10,12,14-17H2,1H3,(H,25,27). The van der Waals surface area contributed by atoms with Crippen LogP contribution in [-0.4, -0.2) is 55.2 Å². The van der Waals surface area contributed by atoms with Gasteiger partial charge in [0, 0.05) is 45.2 Å². The molecule has 1 aromatic carbocycles. The number of hydrogen-bond donors (Lipinski definition) is 1. The summed E-state index contributed by atoms with van der Waals surface area (Å²) in [6, 6.07) is 12.0. The number of aromatic nitrogens is 1. The molecular formula is C23H29N3O3. The molecule has 0 aliphatic carbocycles. The quantitative estimate of drug-likeness (QED) is 0.744. The van der Waals surface area contributed by atoms with Gasteiger partial charge in [-0.2, -0.15) is 0 Å². The number of nitrogens with zero attached hydrogens (tertiary/aromatic N) is 2. The van der Waals surface area contributed by atoms with E-state index >= 15 is 0 Å². The average Bonchev–Trinajstić information content (AvgIpc) is 3.25. The van der Waals surface area contributed by atoms with Crippen molar-refractivity contribution in [2.75, 3.05) is 33.4 Å². The molecule has 2 saturated heterocycles. The highest BCUT2D eigenvalue weighted by Gasteiger charge is 2.49. The zero-order chi connectivity index (χ0) is 20.1. The highest BCUT2D eigenvalue weighted by atomic mass is 16.5. The molecular weight excluding hydrogens is 366 g/mol. The van der Waals surface area contributed by atoms with Crippen LogP contribution in [0.2, 0.25) is 0 Å². The fraction of sp³-hybridized carbons (Fsp3) is 0.478. The van der Waals surface area contributed by atoms with Crippen LogP contribution < -0.4 is 10.1 Å². The summed E-state index contributed by atoms with van der Waals surface area (Å²) in [5, 5.41) is 3.17. The molecule has 0 bridgehead atoms. The van der Waals surface area contributed by atoms with E-state index in [0.717, 1.165) is 50.4 Å². The summed E-state index contributed by atoms with van der Waals surface area (Å²) >= 11 is 0. The fourth-order valence-electron chi connectivity index (χ4n) is 4.38. The van der Waals surface area contributed by atoms with E-state index in [0.29, 0.717) is 13.0 Å². The zero-order valence-electron chi connectivity index (χ0n) is 17.0. The first-order chi connectivity index (χ1) is 14.2.